The molecule has 0 bridgehead atoms. The second-order valence-corrected chi connectivity index (χ2v) is 9.77. The molecule has 2 aliphatic heterocycles. The zero-order valence-corrected chi connectivity index (χ0v) is 19.3. The van der Waals surface area contributed by atoms with Gasteiger partial charge in [-0.15, -0.1) is 0 Å². The number of non-ortho nitro benzene ring substituents is 1. The summed E-state index contributed by atoms with van der Waals surface area (Å²) in [4.78, 5) is 29.6. The lowest BCUT2D eigenvalue weighted by Gasteiger charge is -2.32. The third kappa shape index (κ3) is 4.00. The van der Waals surface area contributed by atoms with Gasteiger partial charge in [-0.25, -0.2) is 5.01 Å². The number of nitro benzene ring substituents is 1. The number of aliphatic imine (C=N–C) groups is 1. The zero-order valence-electron chi connectivity index (χ0n) is 18.5. The van der Waals surface area contributed by atoms with Gasteiger partial charge in [-0.05, 0) is 62.6 Å². The summed E-state index contributed by atoms with van der Waals surface area (Å²) in [5, 5.41) is 16.9. The fourth-order valence-electron chi connectivity index (χ4n) is 4.03. The maximum Gasteiger partial charge on any atom is 0.302 e. The van der Waals surface area contributed by atoms with Gasteiger partial charge in [0.1, 0.15) is 5.84 Å². The van der Waals surface area contributed by atoms with Crippen molar-refractivity contribution in [2.75, 3.05) is 25.0 Å². The number of fused-ring (bicyclic) bond motifs is 1. The predicted molar refractivity (Wildman–Crippen MR) is 129 cm³/mol. The number of benzene rings is 2. The van der Waals surface area contributed by atoms with E-state index in [2.05, 4.69) is 22.1 Å². The maximum atomic E-state index is 12.1. The Morgan fingerprint density at radius 3 is 2.62 bits per heavy atom. The Hall–Kier alpha value is -3.20. The molecule has 166 valence electrons. The standard InChI is InChI=1S/C23H25N5O3S/c1-5-24-21(15-6-9-18(10-7-15)28(30)31)27-13-12-16-14-17(8-11-19(16)27)20-23(2,3)32-22(29)26(4)25-20/h6-11,14H,5,12-13H2,1-4H3/b24-21-. The van der Waals surface area contributed by atoms with Crippen molar-refractivity contribution in [3.63, 3.8) is 0 Å². The van der Waals surface area contributed by atoms with E-state index in [-0.39, 0.29) is 10.9 Å². The van der Waals surface area contributed by atoms with E-state index in [0.717, 1.165) is 41.3 Å². The van der Waals surface area contributed by atoms with E-state index in [9.17, 15) is 14.9 Å². The Balaban J connectivity index is 1.68. The van der Waals surface area contributed by atoms with Crippen LogP contribution in [0.4, 0.5) is 16.2 Å². The molecule has 0 spiro atoms. The third-order valence-electron chi connectivity index (χ3n) is 5.58. The van der Waals surface area contributed by atoms with Crippen molar-refractivity contribution in [2.24, 2.45) is 10.1 Å². The number of thioether (sulfide) groups is 1. The largest absolute Gasteiger partial charge is 0.326 e. The van der Waals surface area contributed by atoms with Gasteiger partial charge >= 0.3 is 5.24 Å². The lowest BCUT2D eigenvalue weighted by Crippen LogP contribution is -2.39. The summed E-state index contributed by atoms with van der Waals surface area (Å²) in [6.45, 7) is 7.39. The highest BCUT2D eigenvalue weighted by atomic mass is 32.2. The fourth-order valence-corrected chi connectivity index (χ4v) is 4.90. The van der Waals surface area contributed by atoms with Crippen LogP contribution in [0.1, 0.15) is 37.5 Å². The van der Waals surface area contributed by atoms with Crippen LogP contribution in [0.2, 0.25) is 0 Å². The van der Waals surface area contributed by atoms with Crippen LogP contribution in [0.3, 0.4) is 0 Å². The molecule has 0 unspecified atom stereocenters. The molecular formula is C23H25N5O3S. The van der Waals surface area contributed by atoms with Gasteiger partial charge in [-0.3, -0.25) is 19.9 Å². The minimum absolute atomic E-state index is 0.0606. The first-order valence-electron chi connectivity index (χ1n) is 10.5. The summed E-state index contributed by atoms with van der Waals surface area (Å²) >= 11 is 1.28. The van der Waals surface area contributed by atoms with Crippen molar-refractivity contribution < 1.29 is 9.72 Å². The van der Waals surface area contributed by atoms with Crippen LogP contribution in [-0.2, 0) is 6.42 Å². The second-order valence-electron chi connectivity index (χ2n) is 8.20. The Bertz CT molecular complexity index is 1140. The quantitative estimate of drug-likeness (QED) is 0.291. The van der Waals surface area contributed by atoms with E-state index < -0.39 is 9.67 Å². The number of carbonyl (C=O) groups is 1. The average Bonchev–Trinajstić information content (AvgIpc) is 3.17. The van der Waals surface area contributed by atoms with Crippen LogP contribution in [-0.4, -0.2) is 51.6 Å². The zero-order chi connectivity index (χ0) is 23.0. The highest BCUT2D eigenvalue weighted by Crippen LogP contribution is 2.37. The fraction of sp³-hybridized carbons (Fsp3) is 0.348. The number of hydrazone groups is 1. The van der Waals surface area contributed by atoms with Gasteiger partial charge in [-0.2, -0.15) is 5.10 Å². The van der Waals surface area contributed by atoms with Crippen LogP contribution >= 0.6 is 11.8 Å². The average molecular weight is 452 g/mol. The Morgan fingerprint density at radius 1 is 1.25 bits per heavy atom. The van der Waals surface area contributed by atoms with Gasteiger partial charge in [0, 0.05) is 43.5 Å². The van der Waals surface area contributed by atoms with E-state index in [0.29, 0.717) is 6.54 Å². The molecule has 8 nitrogen and oxygen atoms in total. The molecular weight excluding hydrogens is 426 g/mol. The van der Waals surface area contributed by atoms with Crippen LogP contribution in [0.15, 0.2) is 52.6 Å². The van der Waals surface area contributed by atoms with E-state index in [1.165, 1.54) is 34.5 Å². The molecule has 2 aliphatic rings. The van der Waals surface area contributed by atoms with Gasteiger partial charge in [0.2, 0.25) is 0 Å². The van der Waals surface area contributed by atoms with Crippen molar-refractivity contribution in [1.29, 1.82) is 0 Å². The SMILES string of the molecule is CC/N=C(/c1ccc([N+](=O)[O-])cc1)N1CCc2cc(C3=NN(C)C(=O)SC3(C)C)ccc21. The van der Waals surface area contributed by atoms with Crippen molar-refractivity contribution in [1.82, 2.24) is 5.01 Å². The first-order chi connectivity index (χ1) is 15.2. The minimum atomic E-state index is -0.413. The Morgan fingerprint density at radius 2 is 1.97 bits per heavy atom. The summed E-state index contributed by atoms with van der Waals surface area (Å²) in [5.74, 6) is 0.810. The molecule has 2 aromatic rings. The van der Waals surface area contributed by atoms with Gasteiger partial charge in [0.05, 0.1) is 15.4 Å². The second kappa shape index (κ2) is 8.38. The molecule has 0 radical (unpaired) electrons. The van der Waals surface area contributed by atoms with Crippen LogP contribution < -0.4 is 4.90 Å². The van der Waals surface area contributed by atoms with E-state index in [4.69, 9.17) is 4.99 Å². The number of hydrogen-bond acceptors (Lipinski definition) is 6. The molecule has 2 heterocycles. The van der Waals surface area contributed by atoms with Crippen LogP contribution in [0.5, 0.6) is 0 Å². The number of nitrogens with zero attached hydrogens (tertiary/aromatic N) is 5. The lowest BCUT2D eigenvalue weighted by atomic mass is 9.96. The number of amidine groups is 1. The normalized spacial score (nSPS) is 17.9. The number of anilines is 1. The molecule has 0 N–H and O–H groups in total. The van der Waals surface area contributed by atoms with Gasteiger partial charge in [0.15, 0.2) is 0 Å². The monoisotopic (exact) mass is 451 g/mol. The van der Waals surface area contributed by atoms with E-state index in [1.807, 2.05) is 26.8 Å². The van der Waals surface area contributed by atoms with Crippen molar-refractivity contribution >= 4 is 39.9 Å². The molecule has 0 atom stereocenters. The highest BCUT2D eigenvalue weighted by Gasteiger charge is 2.37. The Labute approximate surface area is 191 Å². The number of amides is 1. The maximum absolute atomic E-state index is 12.1. The predicted octanol–water partition coefficient (Wildman–Crippen LogP) is 4.71. The Kier molecular flexibility index (Phi) is 5.77. The molecule has 0 aliphatic carbocycles. The van der Waals surface area contributed by atoms with E-state index >= 15 is 0 Å². The number of rotatable bonds is 4. The summed E-state index contributed by atoms with van der Waals surface area (Å²) in [6.07, 6.45) is 0.856. The van der Waals surface area contributed by atoms with Crippen molar-refractivity contribution in [2.45, 2.75) is 31.9 Å². The first-order valence-corrected chi connectivity index (χ1v) is 11.3. The molecule has 1 amide bonds. The summed E-state index contributed by atoms with van der Waals surface area (Å²) in [7, 11) is 1.68. The van der Waals surface area contributed by atoms with Crippen LogP contribution in [0, 0.1) is 10.1 Å². The molecule has 32 heavy (non-hydrogen) atoms. The molecule has 0 saturated heterocycles. The summed E-state index contributed by atoms with van der Waals surface area (Å²) < 4.78 is -0.413. The summed E-state index contributed by atoms with van der Waals surface area (Å²) in [6, 6.07) is 12.8. The molecule has 9 heteroatoms. The topological polar surface area (TPSA) is 91.4 Å². The number of hydrogen-bond donors (Lipinski definition) is 0. The lowest BCUT2D eigenvalue weighted by molar-refractivity contribution is -0.384. The summed E-state index contributed by atoms with van der Waals surface area (Å²) in [5.41, 5.74) is 5.06. The minimum Gasteiger partial charge on any atom is -0.326 e. The third-order valence-corrected chi connectivity index (χ3v) is 6.72. The van der Waals surface area contributed by atoms with Crippen molar-refractivity contribution in [3.05, 3.63) is 69.3 Å². The van der Waals surface area contributed by atoms with Gasteiger partial charge in [-0.1, -0.05) is 17.8 Å². The number of carbonyl (C=O) groups excluding carboxylic acids is 1. The smallest absolute Gasteiger partial charge is 0.302 e. The van der Waals surface area contributed by atoms with Crippen molar-refractivity contribution in [3.8, 4) is 0 Å². The number of nitro groups is 1. The van der Waals surface area contributed by atoms with E-state index in [1.54, 1.807) is 19.2 Å². The molecule has 2 aromatic carbocycles. The van der Waals surface area contributed by atoms with Gasteiger partial charge in [0.25, 0.3) is 5.69 Å². The molecule has 0 saturated carbocycles. The first kappa shape index (κ1) is 22.0. The molecule has 0 aromatic heterocycles. The van der Waals surface area contributed by atoms with Crippen LogP contribution in [0.25, 0.3) is 0 Å². The van der Waals surface area contributed by atoms with Gasteiger partial charge < -0.3 is 4.90 Å². The molecule has 4 rings (SSSR count). The highest BCUT2D eigenvalue weighted by molar-refractivity contribution is 8.15. The molecule has 0 fully saturated rings.